The molecule has 0 heterocycles. The maximum absolute atomic E-state index is 12.0. The van der Waals surface area contributed by atoms with Crippen molar-refractivity contribution in [2.45, 2.75) is 27.2 Å². The highest BCUT2D eigenvalue weighted by molar-refractivity contribution is 5.91. The summed E-state index contributed by atoms with van der Waals surface area (Å²) >= 11 is 0. The highest BCUT2D eigenvalue weighted by atomic mass is 16.5. The molecule has 0 aliphatic rings. The molecule has 3 nitrogen and oxygen atoms in total. The van der Waals surface area contributed by atoms with Crippen molar-refractivity contribution in [3.05, 3.63) is 83.0 Å². The lowest BCUT2D eigenvalue weighted by molar-refractivity contribution is 0.0735. The predicted octanol–water partition coefficient (Wildman–Crippen LogP) is 5.27. The topological polar surface area (TPSA) is 46.5 Å². The molecule has 0 amide bonds. The summed E-state index contributed by atoms with van der Waals surface area (Å²) in [5.41, 5.74) is 3.52. The second-order valence-electron chi connectivity index (χ2n) is 5.93. The van der Waals surface area contributed by atoms with E-state index in [0.717, 1.165) is 17.6 Å². The van der Waals surface area contributed by atoms with Crippen LogP contribution in [-0.4, -0.2) is 11.1 Å². The minimum atomic E-state index is -0.472. The Labute approximate surface area is 154 Å². The first-order valence-corrected chi connectivity index (χ1v) is 8.45. The minimum absolute atomic E-state index is 0.106. The van der Waals surface area contributed by atoms with E-state index in [1.165, 1.54) is 29.8 Å². The summed E-state index contributed by atoms with van der Waals surface area (Å²) in [6.07, 6.45) is 5.12. The van der Waals surface area contributed by atoms with E-state index >= 15 is 0 Å². The van der Waals surface area contributed by atoms with Gasteiger partial charge in [0.05, 0.1) is 5.56 Å². The summed E-state index contributed by atoms with van der Waals surface area (Å²) in [7, 11) is 0. The van der Waals surface area contributed by atoms with Crippen LogP contribution in [0.15, 0.2) is 71.8 Å². The quantitative estimate of drug-likeness (QED) is 0.355. The molecule has 0 aliphatic carbocycles. The molecule has 0 spiro atoms. The van der Waals surface area contributed by atoms with Crippen LogP contribution in [0, 0.1) is 11.8 Å². The summed E-state index contributed by atoms with van der Waals surface area (Å²) in [4.78, 5) is 12.0. The van der Waals surface area contributed by atoms with Crippen LogP contribution in [0.5, 0.6) is 11.5 Å². The van der Waals surface area contributed by atoms with E-state index < -0.39 is 5.97 Å². The highest BCUT2D eigenvalue weighted by Crippen LogP contribution is 2.16. The average molecular weight is 346 g/mol. The van der Waals surface area contributed by atoms with Gasteiger partial charge in [-0.1, -0.05) is 36.5 Å². The molecular formula is C23H22O3. The number of ether oxygens (including phenoxy) is 1. The van der Waals surface area contributed by atoms with E-state index in [9.17, 15) is 9.90 Å². The maximum Gasteiger partial charge on any atom is 0.343 e. The van der Waals surface area contributed by atoms with Gasteiger partial charge in [0.15, 0.2) is 0 Å². The van der Waals surface area contributed by atoms with E-state index in [2.05, 4.69) is 31.8 Å². The molecule has 0 bridgehead atoms. The Bertz CT molecular complexity index is 874. The smallest absolute Gasteiger partial charge is 0.343 e. The number of hydrogen-bond acceptors (Lipinski definition) is 3. The summed E-state index contributed by atoms with van der Waals surface area (Å²) in [5, 5.41) is 9.25. The SMILES string of the molecule is CC/C(C)=C\C=C(/C)C#Cc1ccc(OC(=O)c2ccc(O)cc2)cc1. The molecule has 132 valence electrons. The minimum Gasteiger partial charge on any atom is -0.508 e. The van der Waals surface area contributed by atoms with Crippen molar-refractivity contribution < 1.29 is 14.6 Å². The third-order valence-corrected chi connectivity index (χ3v) is 3.75. The molecule has 0 unspecified atom stereocenters. The Morgan fingerprint density at radius 3 is 2.31 bits per heavy atom. The molecular weight excluding hydrogens is 324 g/mol. The molecule has 0 aliphatic heterocycles. The van der Waals surface area contributed by atoms with Crippen LogP contribution in [0.3, 0.4) is 0 Å². The predicted molar refractivity (Wildman–Crippen MR) is 104 cm³/mol. The van der Waals surface area contributed by atoms with Crippen molar-refractivity contribution in [3.8, 4) is 23.3 Å². The van der Waals surface area contributed by atoms with Crippen molar-refractivity contribution in [2.75, 3.05) is 0 Å². The zero-order chi connectivity index (χ0) is 18.9. The molecule has 0 atom stereocenters. The molecule has 1 N–H and O–H groups in total. The third kappa shape index (κ3) is 5.99. The van der Waals surface area contributed by atoms with Crippen LogP contribution < -0.4 is 4.74 Å². The van der Waals surface area contributed by atoms with Gasteiger partial charge < -0.3 is 9.84 Å². The first kappa shape index (κ1) is 19.1. The number of aromatic hydroxyl groups is 1. The van der Waals surface area contributed by atoms with E-state index in [0.29, 0.717) is 11.3 Å². The molecule has 0 saturated heterocycles. The van der Waals surface area contributed by atoms with Crippen molar-refractivity contribution in [2.24, 2.45) is 0 Å². The summed E-state index contributed by atoms with van der Waals surface area (Å²) in [5.74, 6) is 6.27. The molecule has 0 saturated carbocycles. The monoisotopic (exact) mass is 346 g/mol. The molecule has 0 fully saturated rings. The highest BCUT2D eigenvalue weighted by Gasteiger charge is 2.08. The standard InChI is InChI=1S/C23H22O3/c1-4-17(2)5-6-18(3)7-8-19-9-15-22(16-10-19)26-23(25)20-11-13-21(24)14-12-20/h5-6,9-16,24H,4H2,1-3H3/b17-5-,18-6+. The lowest BCUT2D eigenvalue weighted by atomic mass is 10.1. The van der Waals surface area contributed by atoms with Gasteiger partial charge in [0.1, 0.15) is 11.5 Å². The van der Waals surface area contributed by atoms with Crippen LogP contribution in [-0.2, 0) is 0 Å². The number of esters is 1. The molecule has 2 aromatic rings. The third-order valence-electron chi connectivity index (χ3n) is 3.75. The van der Waals surface area contributed by atoms with Gasteiger partial charge >= 0.3 is 5.97 Å². The Hall–Kier alpha value is -3.25. The molecule has 26 heavy (non-hydrogen) atoms. The van der Waals surface area contributed by atoms with Crippen molar-refractivity contribution in [1.29, 1.82) is 0 Å². The Morgan fingerprint density at radius 1 is 1.04 bits per heavy atom. The molecule has 0 aromatic heterocycles. The molecule has 3 heteroatoms. The van der Waals surface area contributed by atoms with Crippen LogP contribution >= 0.6 is 0 Å². The summed E-state index contributed by atoms with van der Waals surface area (Å²) < 4.78 is 5.31. The van der Waals surface area contributed by atoms with Gasteiger partial charge in [-0.25, -0.2) is 4.79 Å². The Balaban J connectivity index is 2.01. The van der Waals surface area contributed by atoms with Crippen LogP contribution in [0.1, 0.15) is 43.1 Å². The van der Waals surface area contributed by atoms with Gasteiger partial charge in [0.25, 0.3) is 0 Å². The lowest BCUT2D eigenvalue weighted by Gasteiger charge is -2.04. The number of phenols is 1. The fourth-order valence-corrected chi connectivity index (χ4v) is 1.97. The number of hydrogen-bond donors (Lipinski definition) is 1. The Morgan fingerprint density at radius 2 is 1.69 bits per heavy atom. The second kappa shape index (κ2) is 9.29. The summed E-state index contributed by atoms with van der Waals surface area (Å²) in [6, 6.07) is 13.0. The van der Waals surface area contributed by atoms with Gasteiger partial charge in [0, 0.05) is 5.56 Å². The lowest BCUT2D eigenvalue weighted by Crippen LogP contribution is -2.07. The van der Waals surface area contributed by atoms with Crippen LogP contribution in [0.25, 0.3) is 0 Å². The van der Waals surface area contributed by atoms with E-state index in [1.54, 1.807) is 12.1 Å². The summed E-state index contributed by atoms with van der Waals surface area (Å²) in [6.45, 7) is 6.19. The molecule has 0 radical (unpaired) electrons. The van der Waals surface area contributed by atoms with E-state index in [-0.39, 0.29) is 5.75 Å². The number of carbonyl (C=O) groups is 1. The largest absolute Gasteiger partial charge is 0.508 e. The van der Waals surface area contributed by atoms with Crippen molar-refractivity contribution >= 4 is 5.97 Å². The van der Waals surface area contributed by atoms with Gasteiger partial charge in [0.2, 0.25) is 0 Å². The fraction of sp³-hybridized carbons (Fsp3) is 0.174. The first-order valence-electron chi connectivity index (χ1n) is 8.45. The van der Waals surface area contributed by atoms with Crippen LogP contribution in [0.4, 0.5) is 0 Å². The average Bonchev–Trinajstić information content (AvgIpc) is 2.66. The van der Waals surface area contributed by atoms with Gasteiger partial charge in [-0.3, -0.25) is 0 Å². The zero-order valence-corrected chi connectivity index (χ0v) is 15.2. The van der Waals surface area contributed by atoms with Gasteiger partial charge in [-0.15, -0.1) is 0 Å². The Kier molecular flexibility index (Phi) is 6.82. The normalized spacial score (nSPS) is 11.5. The van der Waals surface area contributed by atoms with E-state index in [1.807, 2.05) is 25.1 Å². The number of benzene rings is 2. The fourth-order valence-electron chi connectivity index (χ4n) is 1.97. The number of allylic oxidation sites excluding steroid dienone is 4. The van der Waals surface area contributed by atoms with Gasteiger partial charge in [-0.2, -0.15) is 0 Å². The van der Waals surface area contributed by atoms with Crippen LogP contribution in [0.2, 0.25) is 0 Å². The number of rotatable bonds is 4. The van der Waals surface area contributed by atoms with Crippen molar-refractivity contribution in [3.63, 3.8) is 0 Å². The maximum atomic E-state index is 12.0. The number of phenolic OH excluding ortho intramolecular Hbond substituents is 1. The second-order valence-corrected chi connectivity index (χ2v) is 5.93. The zero-order valence-electron chi connectivity index (χ0n) is 15.2. The first-order chi connectivity index (χ1) is 12.5. The molecule has 2 rings (SSSR count). The van der Waals surface area contributed by atoms with Gasteiger partial charge in [-0.05, 0) is 74.4 Å². The van der Waals surface area contributed by atoms with Crippen molar-refractivity contribution in [1.82, 2.24) is 0 Å². The number of carbonyl (C=O) groups excluding carboxylic acids is 1. The molecule has 2 aromatic carbocycles. The van der Waals surface area contributed by atoms with E-state index in [4.69, 9.17) is 4.74 Å².